The highest BCUT2D eigenvalue weighted by Gasteiger charge is 2.32. The molecule has 1 aromatic carbocycles. The van der Waals surface area contributed by atoms with Crippen molar-refractivity contribution in [2.24, 2.45) is 0 Å². The van der Waals surface area contributed by atoms with E-state index in [-0.39, 0.29) is 29.5 Å². The maximum Gasteiger partial charge on any atom is 0.341 e. The van der Waals surface area contributed by atoms with E-state index in [0.29, 0.717) is 23.5 Å². The number of ether oxygens (including phenoxy) is 3. The molecule has 1 saturated heterocycles. The second-order valence-corrected chi connectivity index (χ2v) is 7.67. The molecule has 0 aliphatic carbocycles. The number of carbonyl (C=O) groups excluding carboxylic acids is 2. The lowest BCUT2D eigenvalue weighted by Gasteiger charge is -2.38. The smallest absolute Gasteiger partial charge is 0.341 e. The molecule has 4 rings (SSSR count). The number of methoxy groups -OCH3 is 2. The van der Waals surface area contributed by atoms with Gasteiger partial charge in [-0.2, -0.15) is 15.0 Å². The summed E-state index contributed by atoms with van der Waals surface area (Å²) in [6.45, 7) is 2.39. The fourth-order valence-electron chi connectivity index (χ4n) is 3.87. The molecule has 1 aliphatic rings. The van der Waals surface area contributed by atoms with E-state index in [0.717, 1.165) is 12.8 Å². The van der Waals surface area contributed by atoms with Crippen LogP contribution in [0, 0.1) is 0 Å². The molecular formula is C23H25N5O5. The van der Waals surface area contributed by atoms with Gasteiger partial charge in [0, 0.05) is 12.1 Å². The van der Waals surface area contributed by atoms with Crippen LogP contribution in [0.1, 0.15) is 40.5 Å². The molecule has 1 fully saturated rings. The molecule has 2 unspecified atom stereocenters. The number of pyridine rings is 1. The summed E-state index contributed by atoms with van der Waals surface area (Å²) in [5, 5.41) is 8.32. The van der Waals surface area contributed by atoms with Crippen LogP contribution in [-0.2, 0) is 4.74 Å². The van der Waals surface area contributed by atoms with Crippen LogP contribution in [0.25, 0.3) is 5.69 Å². The number of piperidine rings is 1. The summed E-state index contributed by atoms with van der Waals surface area (Å²) in [5.74, 6) is -0.102. The van der Waals surface area contributed by atoms with Gasteiger partial charge in [-0.3, -0.25) is 4.79 Å². The first-order valence-corrected chi connectivity index (χ1v) is 10.6. The molecule has 0 spiro atoms. The van der Waals surface area contributed by atoms with Crippen LogP contribution in [0.2, 0.25) is 0 Å². The molecule has 0 radical (unpaired) electrons. The van der Waals surface area contributed by atoms with Crippen LogP contribution < -0.4 is 9.47 Å². The zero-order chi connectivity index (χ0) is 23.4. The van der Waals surface area contributed by atoms with Crippen molar-refractivity contribution in [3.63, 3.8) is 0 Å². The average molecular weight is 451 g/mol. The summed E-state index contributed by atoms with van der Waals surface area (Å²) in [6.07, 6.45) is 5.78. The molecular weight excluding hydrogens is 426 g/mol. The monoisotopic (exact) mass is 451 g/mol. The number of aromatic nitrogens is 4. The second-order valence-electron chi connectivity index (χ2n) is 7.67. The zero-order valence-corrected chi connectivity index (χ0v) is 18.7. The Bertz CT molecular complexity index is 1130. The number of hydrogen-bond donors (Lipinski definition) is 0. The van der Waals surface area contributed by atoms with Gasteiger partial charge in [0.1, 0.15) is 11.7 Å². The Hall–Kier alpha value is -3.95. The zero-order valence-electron chi connectivity index (χ0n) is 18.7. The minimum Gasteiger partial charge on any atom is -0.494 e. The average Bonchev–Trinajstić information content (AvgIpc) is 3.39. The van der Waals surface area contributed by atoms with Gasteiger partial charge in [-0.15, -0.1) is 0 Å². The number of likely N-dealkylation sites (tertiary alicyclic amines) is 1. The second kappa shape index (κ2) is 9.68. The number of carbonyl (C=O) groups is 2. The number of nitrogens with zero attached hydrogens (tertiary/aromatic N) is 5. The Morgan fingerprint density at radius 1 is 1.06 bits per heavy atom. The number of para-hydroxylation sites is 1. The number of amides is 1. The third-order valence-corrected chi connectivity index (χ3v) is 5.62. The summed E-state index contributed by atoms with van der Waals surface area (Å²) in [7, 11) is 2.75. The first-order valence-electron chi connectivity index (χ1n) is 10.6. The molecule has 172 valence electrons. The van der Waals surface area contributed by atoms with Gasteiger partial charge in [-0.1, -0.05) is 12.1 Å². The molecule has 3 aromatic rings. The van der Waals surface area contributed by atoms with Gasteiger partial charge in [0.25, 0.3) is 5.91 Å². The molecule has 1 aliphatic heterocycles. The SMILES string of the molecule is COC(=O)c1cc(OC2CCC(C)N(C(=O)c3ccccc3-n3nccn3)C2)ncc1OC. The van der Waals surface area contributed by atoms with Gasteiger partial charge in [-0.25, -0.2) is 9.78 Å². The van der Waals surface area contributed by atoms with Gasteiger partial charge in [0.05, 0.1) is 50.6 Å². The molecule has 0 N–H and O–H groups in total. The molecule has 0 saturated carbocycles. The largest absolute Gasteiger partial charge is 0.494 e. The number of esters is 1. The van der Waals surface area contributed by atoms with E-state index < -0.39 is 5.97 Å². The van der Waals surface area contributed by atoms with E-state index in [4.69, 9.17) is 14.2 Å². The molecule has 2 atom stereocenters. The minimum atomic E-state index is -0.544. The maximum atomic E-state index is 13.5. The molecule has 0 bridgehead atoms. The van der Waals surface area contributed by atoms with Crippen molar-refractivity contribution < 1.29 is 23.8 Å². The number of benzene rings is 1. The Morgan fingerprint density at radius 3 is 2.55 bits per heavy atom. The maximum absolute atomic E-state index is 13.5. The van der Waals surface area contributed by atoms with Gasteiger partial charge >= 0.3 is 5.97 Å². The minimum absolute atomic E-state index is 0.0328. The standard InChI is InChI=1S/C23H25N5O5/c1-15-8-9-16(33-21-12-18(23(30)32-3)20(31-2)13-24-21)14-27(15)22(29)17-6-4-5-7-19(17)28-25-10-11-26-28/h4-7,10-13,15-16H,8-9,14H2,1-3H3. The summed E-state index contributed by atoms with van der Waals surface area (Å²) in [4.78, 5) is 33.0. The van der Waals surface area contributed by atoms with E-state index in [2.05, 4.69) is 15.2 Å². The normalized spacial score (nSPS) is 18.0. The van der Waals surface area contributed by atoms with E-state index in [1.165, 1.54) is 31.3 Å². The fourth-order valence-corrected chi connectivity index (χ4v) is 3.87. The molecule has 10 heteroatoms. The Balaban J connectivity index is 1.54. The lowest BCUT2D eigenvalue weighted by Crippen LogP contribution is -2.49. The summed E-state index contributed by atoms with van der Waals surface area (Å²) in [5.41, 5.74) is 1.35. The molecule has 33 heavy (non-hydrogen) atoms. The third-order valence-electron chi connectivity index (χ3n) is 5.62. The van der Waals surface area contributed by atoms with Crippen LogP contribution in [0.3, 0.4) is 0 Å². The van der Waals surface area contributed by atoms with Gasteiger partial charge in [0.2, 0.25) is 5.88 Å². The summed E-state index contributed by atoms with van der Waals surface area (Å²) < 4.78 is 16.1. The van der Waals surface area contributed by atoms with E-state index in [9.17, 15) is 9.59 Å². The van der Waals surface area contributed by atoms with Crippen LogP contribution in [-0.4, -0.2) is 69.7 Å². The van der Waals surface area contributed by atoms with Crippen molar-refractivity contribution >= 4 is 11.9 Å². The van der Waals surface area contributed by atoms with Crippen molar-refractivity contribution in [3.05, 3.63) is 60.0 Å². The van der Waals surface area contributed by atoms with E-state index in [1.807, 2.05) is 25.1 Å². The van der Waals surface area contributed by atoms with Crippen molar-refractivity contribution in [1.29, 1.82) is 0 Å². The van der Waals surface area contributed by atoms with E-state index in [1.54, 1.807) is 23.4 Å². The lowest BCUT2D eigenvalue weighted by atomic mass is 9.99. The fraction of sp³-hybridized carbons (Fsp3) is 0.348. The third kappa shape index (κ3) is 4.64. The summed E-state index contributed by atoms with van der Waals surface area (Å²) >= 11 is 0. The van der Waals surface area contributed by atoms with Crippen LogP contribution >= 0.6 is 0 Å². The highest BCUT2D eigenvalue weighted by Crippen LogP contribution is 2.27. The first-order chi connectivity index (χ1) is 16.0. The van der Waals surface area contributed by atoms with Crippen LogP contribution in [0.15, 0.2) is 48.9 Å². The highest BCUT2D eigenvalue weighted by atomic mass is 16.5. The highest BCUT2D eigenvalue weighted by molar-refractivity contribution is 5.98. The topological polar surface area (TPSA) is 109 Å². The predicted octanol–water partition coefficient (Wildman–Crippen LogP) is 2.53. The van der Waals surface area contributed by atoms with Crippen molar-refractivity contribution in [2.75, 3.05) is 20.8 Å². The molecule has 3 heterocycles. The van der Waals surface area contributed by atoms with Gasteiger partial charge in [-0.05, 0) is 31.9 Å². The molecule has 1 amide bonds. The predicted molar refractivity (Wildman–Crippen MR) is 118 cm³/mol. The quantitative estimate of drug-likeness (QED) is 0.526. The molecule has 2 aromatic heterocycles. The number of rotatable bonds is 6. The van der Waals surface area contributed by atoms with Crippen molar-refractivity contribution in [2.45, 2.75) is 31.9 Å². The Morgan fingerprint density at radius 2 is 1.82 bits per heavy atom. The van der Waals surface area contributed by atoms with E-state index >= 15 is 0 Å². The van der Waals surface area contributed by atoms with Gasteiger partial charge < -0.3 is 19.1 Å². The lowest BCUT2D eigenvalue weighted by molar-refractivity contribution is 0.0372. The number of hydrogen-bond acceptors (Lipinski definition) is 8. The van der Waals surface area contributed by atoms with Crippen LogP contribution in [0.4, 0.5) is 0 Å². The van der Waals surface area contributed by atoms with Crippen molar-refractivity contribution in [3.8, 4) is 17.3 Å². The first kappa shape index (κ1) is 22.3. The van der Waals surface area contributed by atoms with Crippen LogP contribution in [0.5, 0.6) is 11.6 Å². The molecule has 10 nitrogen and oxygen atoms in total. The summed E-state index contributed by atoms with van der Waals surface area (Å²) in [6, 6.07) is 8.77. The van der Waals surface area contributed by atoms with Crippen molar-refractivity contribution in [1.82, 2.24) is 24.9 Å². The Kier molecular flexibility index (Phi) is 6.53. The van der Waals surface area contributed by atoms with Gasteiger partial charge in [0.15, 0.2) is 5.75 Å². The Labute approximate surface area is 191 Å².